The van der Waals surface area contributed by atoms with Gasteiger partial charge in [0, 0.05) is 24.1 Å². The summed E-state index contributed by atoms with van der Waals surface area (Å²) in [6, 6.07) is 7.69. The molecule has 0 bridgehead atoms. The first-order valence-electron chi connectivity index (χ1n) is 5.52. The highest BCUT2D eigenvalue weighted by atomic mass is 79.9. The average molecular weight is 338 g/mol. The van der Waals surface area contributed by atoms with Crippen LogP contribution in [0.1, 0.15) is 9.67 Å². The fourth-order valence-electron chi connectivity index (χ4n) is 1.43. The van der Waals surface area contributed by atoms with Crippen LogP contribution in [0.5, 0.6) is 0 Å². The normalized spacial score (nSPS) is 10.9. The Bertz CT molecular complexity index is 605. The molecular formula is C13H12BrN3OS. The Morgan fingerprint density at radius 1 is 1.32 bits per heavy atom. The van der Waals surface area contributed by atoms with Crippen LogP contribution >= 0.6 is 27.3 Å². The van der Waals surface area contributed by atoms with Crippen molar-refractivity contribution in [2.45, 2.75) is 0 Å². The number of carbonyl (C=O) groups is 1. The van der Waals surface area contributed by atoms with Crippen molar-refractivity contribution >= 4 is 45.0 Å². The van der Waals surface area contributed by atoms with Crippen molar-refractivity contribution in [2.24, 2.45) is 4.99 Å². The van der Waals surface area contributed by atoms with Gasteiger partial charge in [-0.1, -0.05) is 39.4 Å². The third-order valence-corrected chi connectivity index (χ3v) is 3.68. The zero-order valence-corrected chi connectivity index (χ0v) is 12.9. The summed E-state index contributed by atoms with van der Waals surface area (Å²) >= 11 is 4.67. The summed E-state index contributed by atoms with van der Waals surface area (Å²) in [6.07, 6.45) is 2.49. The number of aldehydes is 1. The van der Waals surface area contributed by atoms with Crippen molar-refractivity contribution in [1.29, 1.82) is 0 Å². The summed E-state index contributed by atoms with van der Waals surface area (Å²) in [5.74, 6) is 0. The van der Waals surface area contributed by atoms with E-state index in [2.05, 4.69) is 25.9 Å². The summed E-state index contributed by atoms with van der Waals surface area (Å²) in [4.78, 5) is 22.1. The standard InChI is InChI=1S/C13H12BrN3OS/c1-17(2)8-15-13-16-12(11(7-18)19-13)9-3-5-10(14)6-4-9/h3-8H,1-2H3/b15-8+. The van der Waals surface area contributed by atoms with Crippen LogP contribution < -0.4 is 0 Å². The van der Waals surface area contributed by atoms with Crippen molar-refractivity contribution in [3.63, 3.8) is 0 Å². The fraction of sp³-hybridized carbons (Fsp3) is 0.154. The van der Waals surface area contributed by atoms with Crippen molar-refractivity contribution in [2.75, 3.05) is 14.1 Å². The molecule has 0 amide bonds. The van der Waals surface area contributed by atoms with Crippen molar-refractivity contribution in [3.05, 3.63) is 33.6 Å². The lowest BCUT2D eigenvalue weighted by Gasteiger charge is -2.00. The first kappa shape index (κ1) is 13.9. The molecular weight excluding hydrogens is 326 g/mol. The molecule has 0 radical (unpaired) electrons. The molecule has 2 rings (SSSR count). The SMILES string of the molecule is CN(C)/C=N/c1nc(-c2ccc(Br)cc2)c(C=O)s1. The average Bonchev–Trinajstić information content (AvgIpc) is 2.80. The zero-order chi connectivity index (χ0) is 13.8. The Kier molecular flexibility index (Phi) is 4.44. The number of hydrogen-bond donors (Lipinski definition) is 0. The Labute approximate surface area is 123 Å². The summed E-state index contributed by atoms with van der Waals surface area (Å²) in [7, 11) is 3.76. The molecule has 0 aliphatic rings. The number of aromatic nitrogens is 1. The molecule has 1 aromatic heterocycles. The van der Waals surface area contributed by atoms with Gasteiger partial charge in [0.15, 0.2) is 6.29 Å². The molecule has 19 heavy (non-hydrogen) atoms. The lowest BCUT2D eigenvalue weighted by molar-refractivity contribution is 0.112. The van der Waals surface area contributed by atoms with Crippen LogP contribution in [0.4, 0.5) is 5.13 Å². The van der Waals surface area contributed by atoms with E-state index in [1.165, 1.54) is 11.3 Å². The molecule has 0 saturated carbocycles. The molecule has 0 saturated heterocycles. The van der Waals surface area contributed by atoms with Gasteiger partial charge >= 0.3 is 0 Å². The van der Waals surface area contributed by atoms with Gasteiger partial charge in [-0.05, 0) is 12.1 Å². The lowest BCUT2D eigenvalue weighted by atomic mass is 10.1. The van der Waals surface area contributed by atoms with E-state index in [4.69, 9.17) is 0 Å². The van der Waals surface area contributed by atoms with Gasteiger partial charge in [-0.25, -0.2) is 9.98 Å². The van der Waals surface area contributed by atoms with Crippen molar-refractivity contribution in [3.8, 4) is 11.3 Å². The first-order valence-corrected chi connectivity index (χ1v) is 7.13. The van der Waals surface area contributed by atoms with Crippen molar-refractivity contribution < 1.29 is 4.79 Å². The number of nitrogens with zero attached hydrogens (tertiary/aromatic N) is 3. The van der Waals surface area contributed by atoms with Gasteiger partial charge in [0.2, 0.25) is 5.13 Å². The van der Waals surface area contributed by atoms with E-state index in [0.29, 0.717) is 15.7 Å². The predicted molar refractivity (Wildman–Crippen MR) is 82.5 cm³/mol. The quantitative estimate of drug-likeness (QED) is 0.486. The smallest absolute Gasteiger partial charge is 0.211 e. The Balaban J connectivity index is 2.39. The van der Waals surface area contributed by atoms with Crippen LogP contribution in [0.3, 0.4) is 0 Å². The minimum atomic E-state index is 0.578. The summed E-state index contributed by atoms with van der Waals surface area (Å²) in [5.41, 5.74) is 1.59. The maximum Gasteiger partial charge on any atom is 0.211 e. The van der Waals surface area contributed by atoms with Crippen LogP contribution in [0.25, 0.3) is 11.3 Å². The van der Waals surface area contributed by atoms with Gasteiger partial charge in [-0.15, -0.1) is 0 Å². The second-order valence-electron chi connectivity index (χ2n) is 4.04. The van der Waals surface area contributed by atoms with Gasteiger partial charge in [0.05, 0.1) is 16.9 Å². The molecule has 0 spiro atoms. The van der Waals surface area contributed by atoms with E-state index < -0.39 is 0 Å². The van der Waals surface area contributed by atoms with E-state index in [-0.39, 0.29) is 0 Å². The molecule has 4 nitrogen and oxygen atoms in total. The second-order valence-corrected chi connectivity index (χ2v) is 5.97. The molecule has 0 atom stereocenters. The highest BCUT2D eigenvalue weighted by molar-refractivity contribution is 9.10. The third kappa shape index (κ3) is 3.48. The lowest BCUT2D eigenvalue weighted by Crippen LogP contribution is -2.06. The fourth-order valence-corrected chi connectivity index (χ4v) is 2.44. The van der Waals surface area contributed by atoms with Crippen LogP contribution in [-0.4, -0.2) is 36.6 Å². The summed E-state index contributed by atoms with van der Waals surface area (Å²) < 4.78 is 0.991. The first-order chi connectivity index (χ1) is 9.10. The minimum Gasteiger partial charge on any atom is -0.369 e. The van der Waals surface area contributed by atoms with E-state index in [0.717, 1.165) is 16.3 Å². The summed E-state index contributed by atoms with van der Waals surface area (Å²) in [6.45, 7) is 0. The van der Waals surface area contributed by atoms with Crippen LogP contribution in [0, 0.1) is 0 Å². The molecule has 0 fully saturated rings. The van der Waals surface area contributed by atoms with Gasteiger partial charge in [-0.3, -0.25) is 4.79 Å². The number of halogens is 1. The summed E-state index contributed by atoms with van der Waals surface area (Å²) in [5, 5.41) is 0.578. The van der Waals surface area contributed by atoms with Gasteiger partial charge in [0.1, 0.15) is 0 Å². The van der Waals surface area contributed by atoms with Crippen LogP contribution in [-0.2, 0) is 0 Å². The maximum atomic E-state index is 11.1. The number of benzene rings is 1. The maximum absolute atomic E-state index is 11.1. The molecule has 0 unspecified atom stereocenters. The highest BCUT2D eigenvalue weighted by Gasteiger charge is 2.11. The molecule has 6 heteroatoms. The van der Waals surface area contributed by atoms with E-state index in [9.17, 15) is 4.79 Å². The molecule has 0 N–H and O–H groups in total. The molecule has 1 aromatic carbocycles. The predicted octanol–water partition coefficient (Wildman–Crippen LogP) is 3.61. The number of aliphatic imine (C=N–C) groups is 1. The Morgan fingerprint density at radius 3 is 2.58 bits per heavy atom. The van der Waals surface area contributed by atoms with Gasteiger partial charge in [-0.2, -0.15) is 0 Å². The Morgan fingerprint density at radius 2 is 2.00 bits per heavy atom. The molecule has 1 heterocycles. The minimum absolute atomic E-state index is 0.578. The monoisotopic (exact) mass is 337 g/mol. The van der Waals surface area contributed by atoms with Gasteiger partial charge in [0.25, 0.3) is 0 Å². The molecule has 2 aromatic rings. The molecule has 98 valence electrons. The number of carbonyl (C=O) groups excluding carboxylic acids is 1. The third-order valence-electron chi connectivity index (χ3n) is 2.27. The van der Waals surface area contributed by atoms with E-state index in [1.54, 1.807) is 6.34 Å². The van der Waals surface area contributed by atoms with Crippen molar-refractivity contribution in [1.82, 2.24) is 9.88 Å². The highest BCUT2D eigenvalue weighted by Crippen LogP contribution is 2.31. The molecule has 0 aliphatic carbocycles. The number of thiazole rings is 1. The Hall–Kier alpha value is -1.53. The van der Waals surface area contributed by atoms with Crippen LogP contribution in [0.2, 0.25) is 0 Å². The van der Waals surface area contributed by atoms with Crippen LogP contribution in [0.15, 0.2) is 33.7 Å². The number of hydrogen-bond acceptors (Lipinski definition) is 4. The zero-order valence-electron chi connectivity index (χ0n) is 10.5. The van der Waals surface area contributed by atoms with Gasteiger partial charge < -0.3 is 4.90 Å². The largest absolute Gasteiger partial charge is 0.369 e. The second kappa shape index (κ2) is 6.08. The molecule has 0 aliphatic heterocycles. The number of rotatable bonds is 4. The van der Waals surface area contributed by atoms with E-state index >= 15 is 0 Å². The topological polar surface area (TPSA) is 45.6 Å². The van der Waals surface area contributed by atoms with E-state index in [1.807, 2.05) is 43.3 Å².